The average Bonchev–Trinajstić information content (AvgIpc) is 2.33. The van der Waals surface area contributed by atoms with Crippen molar-refractivity contribution in [1.29, 1.82) is 0 Å². The lowest BCUT2D eigenvalue weighted by molar-refractivity contribution is 0.257. The van der Waals surface area contributed by atoms with Gasteiger partial charge in [-0.3, -0.25) is 0 Å². The lowest BCUT2D eigenvalue weighted by Gasteiger charge is -2.34. The Hall–Kier alpha value is -0.530. The summed E-state index contributed by atoms with van der Waals surface area (Å²) in [5, 5.41) is 0. The average molecular weight is 252 g/mol. The van der Waals surface area contributed by atoms with Gasteiger partial charge in [-0.15, -0.1) is 11.6 Å². The fourth-order valence-corrected chi connectivity index (χ4v) is 2.87. The molecule has 1 aromatic carbocycles. The van der Waals surface area contributed by atoms with Crippen LogP contribution in [0.5, 0.6) is 0 Å². The van der Waals surface area contributed by atoms with Gasteiger partial charge in [-0.05, 0) is 30.5 Å². The van der Waals surface area contributed by atoms with Gasteiger partial charge in [0.05, 0.1) is 0 Å². The van der Waals surface area contributed by atoms with Crippen LogP contribution in [-0.2, 0) is 6.42 Å². The van der Waals surface area contributed by atoms with Gasteiger partial charge in [0.15, 0.2) is 0 Å². The Morgan fingerprint density at radius 2 is 2.12 bits per heavy atom. The maximum Gasteiger partial charge on any atom is 0.0351 e. The van der Waals surface area contributed by atoms with Gasteiger partial charge < -0.3 is 4.90 Å². The topological polar surface area (TPSA) is 3.24 Å². The van der Waals surface area contributed by atoms with E-state index in [0.29, 0.717) is 0 Å². The molecule has 1 aliphatic rings. The van der Waals surface area contributed by atoms with Crippen molar-refractivity contribution in [2.45, 2.75) is 32.1 Å². The predicted octanol–water partition coefficient (Wildman–Crippen LogP) is 3.67. The zero-order chi connectivity index (χ0) is 12.1. The van der Waals surface area contributed by atoms with Gasteiger partial charge in [0.2, 0.25) is 0 Å². The molecule has 0 fully saturated rings. The smallest absolute Gasteiger partial charge is 0.0351 e. The fraction of sp³-hybridized carbons (Fsp3) is 0.600. The van der Waals surface area contributed by atoms with Gasteiger partial charge in [0.25, 0.3) is 0 Å². The first kappa shape index (κ1) is 12.9. The van der Waals surface area contributed by atoms with Crippen LogP contribution in [0.1, 0.15) is 36.8 Å². The van der Waals surface area contributed by atoms with Crippen molar-refractivity contribution in [3.63, 3.8) is 0 Å². The molecule has 0 saturated heterocycles. The molecule has 0 saturated carbocycles. The molecule has 0 spiro atoms. The van der Waals surface area contributed by atoms with Crippen LogP contribution in [0.4, 0.5) is 0 Å². The number of hydrogen-bond donors (Lipinski definition) is 0. The number of benzene rings is 1. The third-order valence-electron chi connectivity index (χ3n) is 3.67. The normalized spacial score (nSPS) is 17.9. The van der Waals surface area contributed by atoms with Crippen molar-refractivity contribution in [1.82, 2.24) is 4.90 Å². The molecular weight excluding hydrogens is 230 g/mol. The highest BCUT2D eigenvalue weighted by molar-refractivity contribution is 6.18. The van der Waals surface area contributed by atoms with Crippen LogP contribution >= 0.6 is 11.6 Å². The summed E-state index contributed by atoms with van der Waals surface area (Å²) in [4.78, 5) is 2.52. The zero-order valence-corrected chi connectivity index (χ0v) is 11.4. The molecule has 0 radical (unpaired) electrons. The lowest BCUT2D eigenvalue weighted by Crippen LogP contribution is -2.35. The maximum atomic E-state index is 5.88. The highest BCUT2D eigenvalue weighted by Gasteiger charge is 2.26. The Morgan fingerprint density at radius 3 is 2.82 bits per heavy atom. The number of fused-ring (bicyclic) bond motifs is 1. The molecule has 94 valence electrons. The molecule has 0 bridgehead atoms. The van der Waals surface area contributed by atoms with Crippen molar-refractivity contribution in [2.24, 2.45) is 0 Å². The van der Waals surface area contributed by atoms with Crippen molar-refractivity contribution < 1.29 is 0 Å². The molecule has 0 heterocycles. The summed E-state index contributed by atoms with van der Waals surface area (Å²) < 4.78 is 0. The van der Waals surface area contributed by atoms with Crippen molar-refractivity contribution in [3.8, 4) is 0 Å². The Balaban J connectivity index is 1.87. The second-order valence-corrected chi connectivity index (χ2v) is 5.32. The first-order valence-electron chi connectivity index (χ1n) is 6.71. The number of halogens is 1. The molecule has 1 aliphatic carbocycles. The molecule has 0 amide bonds. The highest BCUT2D eigenvalue weighted by Crippen LogP contribution is 2.35. The van der Waals surface area contributed by atoms with Gasteiger partial charge in [0.1, 0.15) is 0 Å². The number of unbranched alkanes of at least 4 members (excludes halogenated alkanes) is 1. The molecule has 1 nitrogen and oxygen atoms in total. The molecule has 0 aliphatic heterocycles. The number of nitrogens with zero attached hydrogens (tertiary/aromatic N) is 1. The molecular formula is C15H22ClN. The predicted molar refractivity (Wildman–Crippen MR) is 75.0 cm³/mol. The van der Waals surface area contributed by atoms with E-state index < -0.39 is 0 Å². The van der Waals surface area contributed by atoms with E-state index in [1.807, 2.05) is 0 Å². The molecule has 1 unspecified atom stereocenters. The molecule has 0 aromatic heterocycles. The van der Waals surface area contributed by atoms with Gasteiger partial charge in [-0.25, -0.2) is 0 Å². The van der Waals surface area contributed by atoms with Crippen LogP contribution in [0.3, 0.4) is 0 Å². The Bertz CT molecular complexity index is 351. The fourth-order valence-electron chi connectivity index (χ4n) is 2.63. The van der Waals surface area contributed by atoms with Crippen molar-refractivity contribution in [3.05, 3.63) is 35.4 Å². The third kappa shape index (κ3) is 3.23. The van der Waals surface area contributed by atoms with Gasteiger partial charge in [-0.1, -0.05) is 37.6 Å². The Kier molecular flexibility index (Phi) is 4.87. The van der Waals surface area contributed by atoms with E-state index in [1.54, 1.807) is 11.1 Å². The molecule has 1 atom stereocenters. The summed E-state index contributed by atoms with van der Waals surface area (Å²) in [6, 6.07) is 8.83. The second kappa shape index (κ2) is 6.42. The van der Waals surface area contributed by atoms with Crippen LogP contribution in [-0.4, -0.2) is 30.4 Å². The minimum absolute atomic E-state index is 0.742. The SMILES string of the molecule is CCCCN(CCCl)CC1Cc2ccccc21. The standard InChI is InChI=1S/C15H22ClN/c1-2-3-9-17(10-8-16)12-14-11-13-6-4-5-7-15(13)14/h4-7,14H,2-3,8-12H2,1H3. The molecule has 2 rings (SSSR count). The van der Waals surface area contributed by atoms with E-state index in [2.05, 4.69) is 36.1 Å². The summed E-state index contributed by atoms with van der Waals surface area (Å²) in [6.45, 7) is 5.66. The summed E-state index contributed by atoms with van der Waals surface area (Å²) >= 11 is 5.88. The zero-order valence-electron chi connectivity index (χ0n) is 10.7. The van der Waals surface area contributed by atoms with E-state index in [4.69, 9.17) is 11.6 Å². The van der Waals surface area contributed by atoms with Crippen molar-refractivity contribution >= 4 is 11.6 Å². The van der Waals surface area contributed by atoms with Crippen molar-refractivity contribution in [2.75, 3.05) is 25.5 Å². The van der Waals surface area contributed by atoms with E-state index in [0.717, 1.165) is 18.3 Å². The van der Waals surface area contributed by atoms with Gasteiger partial charge >= 0.3 is 0 Å². The van der Waals surface area contributed by atoms with E-state index in [1.165, 1.54) is 32.4 Å². The first-order chi connectivity index (χ1) is 8.35. The lowest BCUT2D eigenvalue weighted by atomic mass is 9.77. The number of hydrogen-bond acceptors (Lipinski definition) is 1. The van der Waals surface area contributed by atoms with E-state index in [-0.39, 0.29) is 0 Å². The second-order valence-electron chi connectivity index (χ2n) is 4.94. The van der Waals surface area contributed by atoms with E-state index >= 15 is 0 Å². The van der Waals surface area contributed by atoms with Gasteiger partial charge in [-0.2, -0.15) is 0 Å². The summed E-state index contributed by atoms with van der Waals surface area (Å²) in [5.74, 6) is 1.49. The largest absolute Gasteiger partial charge is 0.302 e. The van der Waals surface area contributed by atoms with Crippen LogP contribution in [0.2, 0.25) is 0 Å². The van der Waals surface area contributed by atoms with Gasteiger partial charge in [0, 0.05) is 24.9 Å². The minimum atomic E-state index is 0.742. The van der Waals surface area contributed by atoms with Crippen LogP contribution in [0.25, 0.3) is 0 Å². The third-order valence-corrected chi connectivity index (χ3v) is 3.84. The first-order valence-corrected chi connectivity index (χ1v) is 7.24. The quantitative estimate of drug-likeness (QED) is 0.669. The summed E-state index contributed by atoms with van der Waals surface area (Å²) in [7, 11) is 0. The van der Waals surface area contributed by atoms with Crippen LogP contribution in [0, 0.1) is 0 Å². The van der Waals surface area contributed by atoms with Crippen LogP contribution < -0.4 is 0 Å². The highest BCUT2D eigenvalue weighted by atomic mass is 35.5. The molecule has 17 heavy (non-hydrogen) atoms. The Labute approximate surface area is 110 Å². The summed E-state index contributed by atoms with van der Waals surface area (Å²) in [6.07, 6.45) is 3.80. The number of rotatable bonds is 7. The Morgan fingerprint density at radius 1 is 1.29 bits per heavy atom. The summed E-state index contributed by atoms with van der Waals surface area (Å²) in [5.41, 5.74) is 3.10. The monoisotopic (exact) mass is 251 g/mol. The molecule has 2 heteroatoms. The molecule has 1 aromatic rings. The number of alkyl halides is 1. The minimum Gasteiger partial charge on any atom is -0.302 e. The maximum absolute atomic E-state index is 5.88. The van der Waals surface area contributed by atoms with Crippen LogP contribution in [0.15, 0.2) is 24.3 Å². The molecule has 0 N–H and O–H groups in total. The van der Waals surface area contributed by atoms with E-state index in [9.17, 15) is 0 Å².